The fourth-order valence-corrected chi connectivity index (χ4v) is 3.67. The van der Waals surface area contributed by atoms with Gasteiger partial charge in [-0.1, -0.05) is 24.4 Å². The van der Waals surface area contributed by atoms with Crippen molar-refractivity contribution in [3.63, 3.8) is 0 Å². The second kappa shape index (κ2) is 6.22. The predicted molar refractivity (Wildman–Crippen MR) is 77.6 cm³/mol. The Morgan fingerprint density at radius 2 is 2.10 bits per heavy atom. The van der Waals surface area contributed by atoms with Crippen molar-refractivity contribution in [1.29, 1.82) is 0 Å². The van der Waals surface area contributed by atoms with E-state index < -0.39 is 0 Å². The zero-order valence-electron chi connectivity index (χ0n) is 12.5. The van der Waals surface area contributed by atoms with Crippen molar-refractivity contribution in [1.82, 2.24) is 20.4 Å². The minimum atomic E-state index is 0.375. The lowest BCUT2D eigenvalue weighted by Gasteiger charge is -2.40. The summed E-state index contributed by atoms with van der Waals surface area (Å²) in [6.45, 7) is 6.43. The van der Waals surface area contributed by atoms with E-state index in [1.54, 1.807) is 0 Å². The van der Waals surface area contributed by atoms with E-state index in [1.807, 2.05) is 6.92 Å². The maximum absolute atomic E-state index is 5.22. The van der Waals surface area contributed by atoms with Crippen LogP contribution in [0.15, 0.2) is 4.52 Å². The topological polar surface area (TPSA) is 54.2 Å². The van der Waals surface area contributed by atoms with Gasteiger partial charge in [0.1, 0.15) is 0 Å². The third-order valence-electron chi connectivity index (χ3n) is 4.70. The molecule has 3 rings (SSSR count). The Balaban J connectivity index is 1.57. The molecule has 1 aliphatic carbocycles. The van der Waals surface area contributed by atoms with Gasteiger partial charge in [0.15, 0.2) is 5.82 Å². The van der Waals surface area contributed by atoms with Crippen LogP contribution in [0.5, 0.6) is 0 Å². The van der Waals surface area contributed by atoms with Crippen LogP contribution in [-0.2, 0) is 6.42 Å². The van der Waals surface area contributed by atoms with Gasteiger partial charge in [-0.05, 0) is 39.3 Å². The number of nitrogens with one attached hydrogen (secondary N) is 1. The third kappa shape index (κ3) is 3.38. The summed E-state index contributed by atoms with van der Waals surface area (Å²) in [5.41, 5.74) is 0.375. The van der Waals surface area contributed by atoms with E-state index in [0.717, 1.165) is 31.2 Å². The number of aromatic nitrogens is 2. The van der Waals surface area contributed by atoms with E-state index in [4.69, 9.17) is 4.52 Å². The third-order valence-corrected chi connectivity index (χ3v) is 4.70. The van der Waals surface area contributed by atoms with E-state index in [-0.39, 0.29) is 0 Å². The van der Waals surface area contributed by atoms with Gasteiger partial charge < -0.3 is 14.7 Å². The Bertz CT molecular complexity index is 425. The molecule has 1 spiro atoms. The van der Waals surface area contributed by atoms with Gasteiger partial charge in [-0.15, -0.1) is 0 Å². The molecule has 1 aromatic rings. The Morgan fingerprint density at radius 1 is 1.25 bits per heavy atom. The summed E-state index contributed by atoms with van der Waals surface area (Å²) < 4.78 is 5.22. The molecule has 0 unspecified atom stereocenters. The molecule has 20 heavy (non-hydrogen) atoms. The minimum absolute atomic E-state index is 0.375. The largest absolute Gasteiger partial charge is 0.339 e. The van der Waals surface area contributed by atoms with E-state index in [0.29, 0.717) is 5.54 Å². The maximum Gasteiger partial charge on any atom is 0.227 e. The highest BCUT2D eigenvalue weighted by Crippen LogP contribution is 2.30. The molecule has 0 amide bonds. The molecule has 2 heterocycles. The summed E-state index contributed by atoms with van der Waals surface area (Å²) in [6.07, 6.45) is 8.95. The van der Waals surface area contributed by atoms with Crippen molar-refractivity contribution in [3.05, 3.63) is 11.7 Å². The molecule has 1 N–H and O–H groups in total. The smallest absolute Gasteiger partial charge is 0.227 e. The Kier molecular flexibility index (Phi) is 4.36. The number of hydrogen-bond acceptors (Lipinski definition) is 5. The van der Waals surface area contributed by atoms with Gasteiger partial charge in [0.05, 0.1) is 0 Å². The molecule has 0 aromatic carbocycles. The molecule has 1 saturated carbocycles. The van der Waals surface area contributed by atoms with Crippen molar-refractivity contribution in [2.24, 2.45) is 0 Å². The highest BCUT2D eigenvalue weighted by atomic mass is 16.5. The molecule has 5 nitrogen and oxygen atoms in total. The maximum atomic E-state index is 5.22. The van der Waals surface area contributed by atoms with Crippen LogP contribution in [-0.4, -0.2) is 46.8 Å². The van der Waals surface area contributed by atoms with Crippen LogP contribution in [0.2, 0.25) is 0 Å². The fraction of sp³-hybridized carbons (Fsp3) is 0.867. The molecule has 1 aromatic heterocycles. The predicted octanol–water partition coefficient (Wildman–Crippen LogP) is 1.92. The summed E-state index contributed by atoms with van der Waals surface area (Å²) in [5, 5.41) is 7.70. The second-order valence-corrected chi connectivity index (χ2v) is 6.38. The molecule has 1 saturated heterocycles. The lowest BCUT2D eigenvalue weighted by Crippen LogP contribution is -2.52. The van der Waals surface area contributed by atoms with E-state index >= 15 is 0 Å². The van der Waals surface area contributed by atoms with E-state index in [1.165, 1.54) is 51.6 Å². The molecular formula is C15H26N4O. The first-order chi connectivity index (χ1) is 9.76. The van der Waals surface area contributed by atoms with Gasteiger partial charge in [-0.25, -0.2) is 0 Å². The summed E-state index contributed by atoms with van der Waals surface area (Å²) in [5.74, 6) is 1.51. The zero-order valence-corrected chi connectivity index (χ0v) is 12.5. The first-order valence-electron chi connectivity index (χ1n) is 8.02. The second-order valence-electron chi connectivity index (χ2n) is 6.38. The summed E-state index contributed by atoms with van der Waals surface area (Å²) in [6, 6.07) is 0. The highest BCUT2D eigenvalue weighted by molar-refractivity contribution is 4.96. The van der Waals surface area contributed by atoms with Crippen molar-refractivity contribution in [3.8, 4) is 0 Å². The van der Waals surface area contributed by atoms with Crippen molar-refractivity contribution in [2.75, 3.05) is 26.2 Å². The molecule has 0 bridgehead atoms. The van der Waals surface area contributed by atoms with Crippen LogP contribution >= 0.6 is 0 Å². The number of hydrogen-bond donors (Lipinski definition) is 1. The molecule has 2 fully saturated rings. The Morgan fingerprint density at radius 3 is 2.85 bits per heavy atom. The lowest BCUT2D eigenvalue weighted by molar-refractivity contribution is 0.162. The average molecular weight is 278 g/mol. The first kappa shape index (κ1) is 14.0. The number of rotatable bonds is 3. The molecule has 5 heteroatoms. The van der Waals surface area contributed by atoms with Crippen molar-refractivity contribution in [2.45, 2.75) is 57.4 Å². The van der Waals surface area contributed by atoms with Crippen LogP contribution in [0, 0.1) is 6.92 Å². The Labute approximate surface area is 121 Å². The van der Waals surface area contributed by atoms with E-state index in [2.05, 4.69) is 20.4 Å². The number of aryl methyl sites for hydroxylation is 1. The Hall–Kier alpha value is -0.940. The van der Waals surface area contributed by atoms with Crippen LogP contribution in [0.4, 0.5) is 0 Å². The molecule has 0 atom stereocenters. The molecular weight excluding hydrogens is 252 g/mol. The quantitative estimate of drug-likeness (QED) is 0.915. The average Bonchev–Trinajstić information content (AvgIpc) is 2.77. The monoisotopic (exact) mass is 278 g/mol. The summed E-state index contributed by atoms with van der Waals surface area (Å²) in [7, 11) is 0. The first-order valence-corrected chi connectivity index (χ1v) is 8.02. The molecule has 2 aliphatic rings. The summed E-state index contributed by atoms with van der Waals surface area (Å²) >= 11 is 0. The zero-order chi connectivity index (χ0) is 13.8. The van der Waals surface area contributed by atoms with Crippen LogP contribution in [0.3, 0.4) is 0 Å². The molecule has 0 radical (unpaired) electrons. The fourth-order valence-electron chi connectivity index (χ4n) is 3.67. The SMILES string of the molecule is Cc1noc(CCN2CCCNC3(CCCCC3)C2)n1. The van der Waals surface area contributed by atoms with Gasteiger partial charge >= 0.3 is 0 Å². The van der Waals surface area contributed by atoms with Gasteiger partial charge in [0.25, 0.3) is 0 Å². The molecule has 112 valence electrons. The van der Waals surface area contributed by atoms with Crippen molar-refractivity contribution < 1.29 is 4.52 Å². The summed E-state index contributed by atoms with van der Waals surface area (Å²) in [4.78, 5) is 6.89. The normalized spacial score (nSPS) is 23.9. The van der Waals surface area contributed by atoms with Gasteiger partial charge in [0, 0.05) is 25.0 Å². The lowest BCUT2D eigenvalue weighted by atomic mass is 9.81. The standard InChI is InChI=1S/C15H26N4O/c1-13-17-14(20-18-13)6-11-19-10-5-9-16-15(12-19)7-3-2-4-8-15/h16H,2-12H2,1H3. The van der Waals surface area contributed by atoms with Crippen LogP contribution in [0.1, 0.15) is 50.2 Å². The van der Waals surface area contributed by atoms with E-state index in [9.17, 15) is 0 Å². The number of nitrogens with zero attached hydrogens (tertiary/aromatic N) is 3. The van der Waals surface area contributed by atoms with Gasteiger partial charge in [-0.2, -0.15) is 4.98 Å². The minimum Gasteiger partial charge on any atom is -0.339 e. The van der Waals surface area contributed by atoms with Gasteiger partial charge in [-0.3, -0.25) is 0 Å². The van der Waals surface area contributed by atoms with Crippen LogP contribution in [0.25, 0.3) is 0 Å². The van der Waals surface area contributed by atoms with Gasteiger partial charge in [0.2, 0.25) is 5.89 Å². The highest BCUT2D eigenvalue weighted by Gasteiger charge is 2.34. The van der Waals surface area contributed by atoms with Crippen molar-refractivity contribution >= 4 is 0 Å². The van der Waals surface area contributed by atoms with Crippen LogP contribution < -0.4 is 5.32 Å². The molecule has 1 aliphatic heterocycles.